The molecular weight excluding hydrogens is 214 g/mol. The highest BCUT2D eigenvalue weighted by molar-refractivity contribution is 5.74. The molecule has 17 heavy (non-hydrogen) atoms. The lowest BCUT2D eigenvalue weighted by Crippen LogP contribution is -2.40. The molecule has 0 heterocycles. The van der Waals surface area contributed by atoms with Gasteiger partial charge in [-0.3, -0.25) is 9.69 Å². The molecule has 0 aliphatic heterocycles. The van der Waals surface area contributed by atoms with Crippen LogP contribution in [0.15, 0.2) is 24.3 Å². The second-order valence-electron chi connectivity index (χ2n) is 4.46. The summed E-state index contributed by atoms with van der Waals surface area (Å²) in [4.78, 5) is 13.0. The summed E-state index contributed by atoms with van der Waals surface area (Å²) in [6, 6.07) is 8.31. The van der Waals surface area contributed by atoms with Crippen molar-refractivity contribution in [1.82, 2.24) is 4.90 Å². The molecule has 1 unspecified atom stereocenters. The number of hydrogen-bond donors (Lipinski definition) is 2. The van der Waals surface area contributed by atoms with Crippen LogP contribution in [0.25, 0.3) is 0 Å². The van der Waals surface area contributed by atoms with E-state index in [0.717, 1.165) is 6.54 Å². The zero-order chi connectivity index (χ0) is 12.8. The molecule has 1 atom stereocenters. The van der Waals surface area contributed by atoms with Gasteiger partial charge in [-0.2, -0.15) is 0 Å². The van der Waals surface area contributed by atoms with Crippen LogP contribution in [0.5, 0.6) is 0 Å². The normalized spacial score (nSPS) is 12.7. The average molecular weight is 235 g/mol. The van der Waals surface area contributed by atoms with Crippen molar-refractivity contribution in [3.63, 3.8) is 0 Å². The summed E-state index contributed by atoms with van der Waals surface area (Å²) in [6.45, 7) is 3.27. The molecule has 0 fully saturated rings. The molecule has 0 saturated carbocycles. The molecule has 0 bridgehead atoms. The Morgan fingerprint density at radius 3 is 2.71 bits per heavy atom. The molecular formula is C13H21N3O. The monoisotopic (exact) mass is 235 g/mol. The van der Waals surface area contributed by atoms with E-state index in [1.165, 1.54) is 11.1 Å². The fourth-order valence-corrected chi connectivity index (χ4v) is 1.88. The van der Waals surface area contributed by atoms with Crippen molar-refractivity contribution in [2.45, 2.75) is 25.9 Å². The standard InChI is InChI=1S/C13H21N3O/c1-10-4-3-5-11(6-10)9-16(2)12(8-14)7-13(15)17/h3-6,12H,7-9,14H2,1-2H3,(H2,15,17). The number of nitrogens with zero attached hydrogens (tertiary/aromatic N) is 1. The van der Waals surface area contributed by atoms with Gasteiger partial charge in [-0.25, -0.2) is 0 Å². The maximum atomic E-state index is 10.9. The summed E-state index contributed by atoms with van der Waals surface area (Å²) in [5, 5.41) is 0. The summed E-state index contributed by atoms with van der Waals surface area (Å²) in [5.41, 5.74) is 13.3. The van der Waals surface area contributed by atoms with Crippen LogP contribution in [0.1, 0.15) is 17.5 Å². The van der Waals surface area contributed by atoms with Gasteiger partial charge in [0.2, 0.25) is 5.91 Å². The molecule has 0 aliphatic carbocycles. The van der Waals surface area contributed by atoms with Crippen LogP contribution in [-0.2, 0) is 11.3 Å². The lowest BCUT2D eigenvalue weighted by molar-refractivity contribution is -0.119. The maximum absolute atomic E-state index is 10.9. The fraction of sp³-hybridized carbons (Fsp3) is 0.462. The van der Waals surface area contributed by atoms with Gasteiger partial charge in [-0.1, -0.05) is 29.8 Å². The highest BCUT2D eigenvalue weighted by Crippen LogP contribution is 2.09. The Hall–Kier alpha value is -1.39. The fourth-order valence-electron chi connectivity index (χ4n) is 1.88. The summed E-state index contributed by atoms with van der Waals surface area (Å²) in [6.07, 6.45) is 0.304. The van der Waals surface area contributed by atoms with Crippen LogP contribution >= 0.6 is 0 Å². The van der Waals surface area contributed by atoms with Crippen molar-refractivity contribution in [3.8, 4) is 0 Å². The molecule has 1 rings (SSSR count). The van der Waals surface area contributed by atoms with E-state index < -0.39 is 0 Å². The third kappa shape index (κ3) is 4.54. The summed E-state index contributed by atoms with van der Waals surface area (Å²) in [5.74, 6) is -0.309. The van der Waals surface area contributed by atoms with Gasteiger partial charge in [-0.05, 0) is 19.5 Å². The second-order valence-corrected chi connectivity index (χ2v) is 4.46. The highest BCUT2D eigenvalue weighted by atomic mass is 16.1. The number of nitrogens with two attached hydrogens (primary N) is 2. The Bertz CT molecular complexity index is 379. The van der Waals surface area contributed by atoms with Crippen LogP contribution < -0.4 is 11.5 Å². The summed E-state index contributed by atoms with van der Waals surface area (Å²) in [7, 11) is 1.96. The van der Waals surface area contributed by atoms with Crippen molar-refractivity contribution in [1.29, 1.82) is 0 Å². The highest BCUT2D eigenvalue weighted by Gasteiger charge is 2.15. The number of hydrogen-bond acceptors (Lipinski definition) is 3. The largest absolute Gasteiger partial charge is 0.370 e. The molecule has 4 nitrogen and oxygen atoms in total. The van der Waals surface area contributed by atoms with Gasteiger partial charge in [0.1, 0.15) is 0 Å². The quantitative estimate of drug-likeness (QED) is 0.759. The molecule has 0 saturated heterocycles. The van der Waals surface area contributed by atoms with Crippen LogP contribution in [0.3, 0.4) is 0 Å². The lowest BCUT2D eigenvalue weighted by Gasteiger charge is -2.26. The van der Waals surface area contributed by atoms with Gasteiger partial charge in [-0.15, -0.1) is 0 Å². The predicted molar refractivity (Wildman–Crippen MR) is 69.3 cm³/mol. The third-order valence-corrected chi connectivity index (χ3v) is 2.85. The van der Waals surface area contributed by atoms with Gasteiger partial charge in [0.05, 0.1) is 0 Å². The van der Waals surface area contributed by atoms with Crippen LogP contribution in [-0.4, -0.2) is 30.4 Å². The maximum Gasteiger partial charge on any atom is 0.219 e. The van der Waals surface area contributed by atoms with Gasteiger partial charge >= 0.3 is 0 Å². The number of amides is 1. The zero-order valence-electron chi connectivity index (χ0n) is 10.5. The molecule has 1 amide bonds. The number of carbonyl (C=O) groups is 1. The topological polar surface area (TPSA) is 72.3 Å². The van der Waals surface area contributed by atoms with Crippen molar-refractivity contribution in [3.05, 3.63) is 35.4 Å². The Kier molecular flexibility index (Phi) is 5.12. The molecule has 0 aliphatic rings. The van der Waals surface area contributed by atoms with Gasteiger partial charge in [0, 0.05) is 25.6 Å². The third-order valence-electron chi connectivity index (χ3n) is 2.85. The van der Waals surface area contributed by atoms with Gasteiger partial charge in [0.15, 0.2) is 0 Å². The minimum Gasteiger partial charge on any atom is -0.370 e. The Labute approximate surface area is 103 Å². The van der Waals surface area contributed by atoms with Crippen molar-refractivity contribution < 1.29 is 4.79 Å². The number of carbonyl (C=O) groups excluding carboxylic acids is 1. The van der Waals surface area contributed by atoms with E-state index in [9.17, 15) is 4.79 Å². The Morgan fingerprint density at radius 2 is 2.18 bits per heavy atom. The molecule has 4 N–H and O–H groups in total. The second kappa shape index (κ2) is 6.37. The summed E-state index contributed by atoms with van der Waals surface area (Å²) < 4.78 is 0. The van der Waals surface area contributed by atoms with Crippen LogP contribution in [0, 0.1) is 6.92 Å². The van der Waals surface area contributed by atoms with E-state index in [2.05, 4.69) is 30.0 Å². The smallest absolute Gasteiger partial charge is 0.219 e. The lowest BCUT2D eigenvalue weighted by atomic mass is 10.1. The van der Waals surface area contributed by atoms with E-state index in [1.807, 2.05) is 13.1 Å². The Morgan fingerprint density at radius 1 is 1.47 bits per heavy atom. The molecule has 0 aromatic heterocycles. The number of aryl methyl sites for hydroxylation is 1. The van der Waals surface area contributed by atoms with Crippen LogP contribution in [0.4, 0.5) is 0 Å². The molecule has 1 aromatic rings. The van der Waals surface area contributed by atoms with Gasteiger partial charge < -0.3 is 11.5 Å². The minimum absolute atomic E-state index is 0.00742. The number of likely N-dealkylation sites (N-methyl/N-ethyl adjacent to an activating group) is 1. The molecule has 0 spiro atoms. The molecule has 1 aromatic carbocycles. The minimum atomic E-state index is -0.309. The first kappa shape index (κ1) is 13.7. The van der Waals surface area contributed by atoms with E-state index in [4.69, 9.17) is 11.5 Å². The molecule has 0 radical (unpaired) electrons. The summed E-state index contributed by atoms with van der Waals surface area (Å²) >= 11 is 0. The first-order chi connectivity index (χ1) is 8.02. The number of primary amides is 1. The zero-order valence-corrected chi connectivity index (χ0v) is 10.5. The van der Waals surface area contributed by atoms with Gasteiger partial charge in [0.25, 0.3) is 0 Å². The van der Waals surface area contributed by atoms with E-state index in [0.29, 0.717) is 13.0 Å². The SMILES string of the molecule is Cc1cccc(CN(C)C(CN)CC(N)=O)c1. The molecule has 4 heteroatoms. The first-order valence-electron chi connectivity index (χ1n) is 5.77. The molecule has 94 valence electrons. The van der Waals surface area contributed by atoms with Crippen molar-refractivity contribution >= 4 is 5.91 Å². The van der Waals surface area contributed by atoms with Crippen molar-refractivity contribution in [2.75, 3.05) is 13.6 Å². The van der Waals surface area contributed by atoms with E-state index >= 15 is 0 Å². The number of benzene rings is 1. The van der Waals surface area contributed by atoms with Crippen molar-refractivity contribution in [2.24, 2.45) is 11.5 Å². The number of rotatable bonds is 6. The Balaban J connectivity index is 2.63. The van der Waals surface area contributed by atoms with Crippen LogP contribution in [0.2, 0.25) is 0 Å². The first-order valence-corrected chi connectivity index (χ1v) is 5.77. The van der Waals surface area contributed by atoms with E-state index in [-0.39, 0.29) is 11.9 Å². The van der Waals surface area contributed by atoms with E-state index in [1.54, 1.807) is 0 Å². The average Bonchev–Trinajstić information content (AvgIpc) is 2.25. The predicted octanol–water partition coefficient (Wildman–Crippen LogP) is 0.630.